The fraction of sp³-hybridized carbons (Fsp3) is 0.0909. The second-order valence-corrected chi connectivity index (χ2v) is 7.86. The zero-order valence-corrected chi connectivity index (χ0v) is 18.6. The van der Waals surface area contributed by atoms with Crippen LogP contribution in [-0.4, -0.2) is 16.8 Å². The lowest BCUT2D eigenvalue weighted by atomic mass is 10.1. The van der Waals surface area contributed by atoms with Gasteiger partial charge in [-0.3, -0.25) is 14.9 Å². The van der Waals surface area contributed by atoms with Crippen molar-refractivity contribution in [1.82, 2.24) is 5.32 Å². The highest BCUT2D eigenvalue weighted by molar-refractivity contribution is 9.10. The first kappa shape index (κ1) is 22.5. The fourth-order valence-electron chi connectivity index (χ4n) is 2.95. The molecule has 0 aliphatic heterocycles. The van der Waals surface area contributed by atoms with Crippen LogP contribution >= 0.6 is 27.5 Å². The van der Waals surface area contributed by atoms with Crippen molar-refractivity contribution >= 4 is 45.1 Å². The highest BCUT2D eigenvalue weighted by Gasteiger charge is 2.21. The molecule has 1 amide bonds. The first-order valence-corrected chi connectivity index (χ1v) is 10.2. The molecule has 0 aliphatic carbocycles. The number of nitrogens with one attached hydrogen (secondary N) is 1. The zero-order valence-electron chi connectivity index (χ0n) is 16.2. The summed E-state index contributed by atoms with van der Waals surface area (Å²) in [6.07, 6.45) is 0. The molecule has 0 saturated heterocycles. The van der Waals surface area contributed by atoms with Crippen LogP contribution in [0.15, 0.2) is 65.1 Å². The normalized spacial score (nSPS) is 10.4. The Hall–Kier alpha value is -3.23. The summed E-state index contributed by atoms with van der Waals surface area (Å²) in [6.45, 7) is 1.74. The molecule has 3 rings (SSSR count). The highest BCUT2D eigenvalue weighted by Crippen LogP contribution is 2.30. The number of carbonyl (C=O) groups excluding carboxylic acids is 2. The van der Waals surface area contributed by atoms with Crippen molar-refractivity contribution in [2.45, 2.75) is 13.5 Å². The number of para-hydroxylation sites is 1. The van der Waals surface area contributed by atoms with E-state index in [1.54, 1.807) is 49.4 Å². The number of esters is 1. The minimum atomic E-state index is -0.637. The second kappa shape index (κ2) is 9.72. The van der Waals surface area contributed by atoms with Crippen LogP contribution in [0, 0.1) is 17.0 Å². The van der Waals surface area contributed by atoms with Crippen LogP contribution in [0.25, 0.3) is 0 Å². The maximum Gasteiger partial charge on any atom is 0.345 e. The van der Waals surface area contributed by atoms with Crippen LogP contribution in [-0.2, 0) is 6.54 Å². The molecule has 158 valence electrons. The van der Waals surface area contributed by atoms with Crippen molar-refractivity contribution in [2.75, 3.05) is 0 Å². The molecule has 0 aromatic heterocycles. The van der Waals surface area contributed by atoms with Gasteiger partial charge >= 0.3 is 5.97 Å². The van der Waals surface area contributed by atoms with Gasteiger partial charge in [0.25, 0.3) is 11.6 Å². The van der Waals surface area contributed by atoms with E-state index < -0.39 is 16.8 Å². The summed E-state index contributed by atoms with van der Waals surface area (Å²) in [4.78, 5) is 35.7. The summed E-state index contributed by atoms with van der Waals surface area (Å²) in [7, 11) is 0. The third-order valence-electron chi connectivity index (χ3n) is 4.39. The molecule has 31 heavy (non-hydrogen) atoms. The number of rotatable bonds is 6. The third kappa shape index (κ3) is 5.28. The van der Waals surface area contributed by atoms with E-state index >= 15 is 0 Å². The van der Waals surface area contributed by atoms with Gasteiger partial charge in [-0.05, 0) is 42.8 Å². The van der Waals surface area contributed by atoms with E-state index in [-0.39, 0.29) is 34.1 Å². The summed E-state index contributed by atoms with van der Waals surface area (Å²) in [5.74, 6) is -0.980. The van der Waals surface area contributed by atoms with Gasteiger partial charge in [0, 0.05) is 22.6 Å². The lowest BCUT2D eigenvalue weighted by Gasteiger charge is -2.15. The van der Waals surface area contributed by atoms with Crippen molar-refractivity contribution in [2.24, 2.45) is 0 Å². The maximum atomic E-state index is 12.6. The molecule has 3 aromatic rings. The molecule has 0 saturated carbocycles. The third-order valence-corrected chi connectivity index (χ3v) is 5.18. The van der Waals surface area contributed by atoms with Gasteiger partial charge < -0.3 is 10.1 Å². The zero-order chi connectivity index (χ0) is 22.5. The molecule has 0 radical (unpaired) electrons. The largest absolute Gasteiger partial charge is 0.422 e. The van der Waals surface area contributed by atoms with Gasteiger partial charge in [0.05, 0.1) is 15.5 Å². The van der Waals surface area contributed by atoms with E-state index in [4.69, 9.17) is 16.3 Å². The summed E-state index contributed by atoms with van der Waals surface area (Å²) in [5.41, 5.74) is 1.02. The maximum absolute atomic E-state index is 12.6. The predicted octanol–water partition coefficient (Wildman–Crippen LogP) is 5.47. The molecule has 9 heteroatoms. The lowest BCUT2D eigenvalue weighted by molar-refractivity contribution is -0.385. The van der Waals surface area contributed by atoms with Crippen LogP contribution in [0.3, 0.4) is 0 Å². The number of halogens is 2. The van der Waals surface area contributed by atoms with Crippen LogP contribution in [0.4, 0.5) is 5.69 Å². The Balaban J connectivity index is 1.85. The topological polar surface area (TPSA) is 98.5 Å². The molecule has 0 atom stereocenters. The molecule has 7 nitrogen and oxygen atoms in total. The van der Waals surface area contributed by atoms with Crippen LogP contribution in [0.5, 0.6) is 5.75 Å². The Morgan fingerprint density at radius 2 is 1.74 bits per heavy atom. The number of hydrogen-bond acceptors (Lipinski definition) is 5. The van der Waals surface area contributed by atoms with Gasteiger partial charge in [-0.15, -0.1) is 0 Å². The van der Waals surface area contributed by atoms with Gasteiger partial charge in [0.15, 0.2) is 0 Å². The van der Waals surface area contributed by atoms with Crippen LogP contribution in [0.2, 0.25) is 5.02 Å². The van der Waals surface area contributed by atoms with Crippen molar-refractivity contribution in [3.8, 4) is 5.75 Å². The van der Waals surface area contributed by atoms with E-state index in [0.29, 0.717) is 11.1 Å². The highest BCUT2D eigenvalue weighted by atomic mass is 79.9. The molecular weight excluding hydrogens is 488 g/mol. The Kier molecular flexibility index (Phi) is 7.04. The van der Waals surface area contributed by atoms with Crippen molar-refractivity contribution in [1.29, 1.82) is 0 Å². The molecule has 0 fully saturated rings. The standard InChI is InChI=1S/C22H16BrClN2O5/c1-13-10-15(23)11-14(20(13)31-22(28)16-6-2-4-8-18(16)24)12-25-21(27)17-7-3-5-9-19(17)26(29)30/h2-11H,12H2,1H3,(H,25,27). The Labute approximate surface area is 191 Å². The number of nitro groups is 1. The van der Waals surface area contributed by atoms with E-state index in [1.165, 1.54) is 18.2 Å². The monoisotopic (exact) mass is 502 g/mol. The average Bonchev–Trinajstić information content (AvgIpc) is 2.74. The Morgan fingerprint density at radius 3 is 2.42 bits per heavy atom. The summed E-state index contributed by atoms with van der Waals surface area (Å²) in [6, 6.07) is 15.6. The fourth-order valence-corrected chi connectivity index (χ4v) is 3.78. The van der Waals surface area contributed by atoms with Crippen molar-refractivity contribution in [3.05, 3.63) is 103 Å². The first-order chi connectivity index (χ1) is 14.8. The number of amides is 1. The number of hydrogen-bond donors (Lipinski definition) is 1. The molecule has 0 spiro atoms. The molecular formula is C22H16BrClN2O5. The van der Waals surface area contributed by atoms with Crippen molar-refractivity contribution in [3.63, 3.8) is 0 Å². The smallest absolute Gasteiger partial charge is 0.345 e. The van der Waals surface area contributed by atoms with Gasteiger partial charge in [0.2, 0.25) is 0 Å². The molecule has 1 N–H and O–H groups in total. The number of nitrogens with zero attached hydrogens (tertiary/aromatic N) is 1. The van der Waals surface area contributed by atoms with Crippen LogP contribution in [0.1, 0.15) is 31.8 Å². The lowest BCUT2D eigenvalue weighted by Crippen LogP contribution is -2.24. The van der Waals surface area contributed by atoms with Gasteiger partial charge in [-0.1, -0.05) is 51.8 Å². The molecule has 0 heterocycles. The number of ether oxygens (including phenoxy) is 1. The summed E-state index contributed by atoms with van der Waals surface area (Å²) >= 11 is 9.47. The number of nitro benzene ring substituents is 1. The van der Waals surface area contributed by atoms with E-state index in [0.717, 1.165) is 4.47 Å². The van der Waals surface area contributed by atoms with Gasteiger partial charge in [-0.2, -0.15) is 0 Å². The Morgan fingerprint density at radius 1 is 1.10 bits per heavy atom. The SMILES string of the molecule is Cc1cc(Br)cc(CNC(=O)c2ccccc2[N+](=O)[O-])c1OC(=O)c1ccccc1Cl. The second-order valence-electron chi connectivity index (χ2n) is 6.54. The van der Waals surface area contributed by atoms with Crippen molar-refractivity contribution < 1.29 is 19.2 Å². The van der Waals surface area contributed by atoms with Crippen LogP contribution < -0.4 is 10.1 Å². The minimum Gasteiger partial charge on any atom is -0.422 e. The summed E-state index contributed by atoms with van der Waals surface area (Å²) < 4.78 is 6.31. The van der Waals surface area contributed by atoms with E-state index in [1.807, 2.05) is 0 Å². The molecule has 0 aliphatic rings. The molecule has 0 unspecified atom stereocenters. The minimum absolute atomic E-state index is 0.0176. The van der Waals surface area contributed by atoms with Gasteiger partial charge in [-0.25, -0.2) is 4.79 Å². The quantitative estimate of drug-likeness (QED) is 0.208. The van der Waals surface area contributed by atoms with E-state index in [9.17, 15) is 19.7 Å². The molecule has 0 bridgehead atoms. The Bertz CT molecular complexity index is 1180. The number of benzene rings is 3. The molecule has 3 aromatic carbocycles. The summed E-state index contributed by atoms with van der Waals surface area (Å²) in [5, 5.41) is 14.1. The van der Waals surface area contributed by atoms with Gasteiger partial charge in [0.1, 0.15) is 11.3 Å². The van der Waals surface area contributed by atoms with E-state index in [2.05, 4.69) is 21.2 Å². The first-order valence-electron chi connectivity index (χ1n) is 9.05. The average molecular weight is 504 g/mol. The number of carbonyl (C=O) groups is 2. The predicted molar refractivity (Wildman–Crippen MR) is 120 cm³/mol. The number of aryl methyl sites for hydroxylation is 1.